The number of H-pyrrole nitrogens is 1. The first kappa shape index (κ1) is 11.5. The third kappa shape index (κ3) is 2.62. The summed E-state index contributed by atoms with van der Waals surface area (Å²) < 4.78 is 0. The van der Waals surface area contributed by atoms with Crippen LogP contribution in [0.15, 0.2) is 30.5 Å². The molecule has 0 atom stereocenters. The molecule has 3 rings (SSSR count). The van der Waals surface area contributed by atoms with Gasteiger partial charge in [0.25, 0.3) is 0 Å². The first-order chi connectivity index (χ1) is 8.83. The van der Waals surface area contributed by atoms with Gasteiger partial charge in [-0.1, -0.05) is 24.3 Å². The average molecular weight is 241 g/mol. The zero-order valence-electron chi connectivity index (χ0n) is 10.7. The molecule has 1 aromatic carbocycles. The van der Waals surface area contributed by atoms with Crippen LogP contribution in [0.5, 0.6) is 0 Å². The van der Waals surface area contributed by atoms with E-state index in [1.165, 1.54) is 24.0 Å². The lowest BCUT2D eigenvalue weighted by atomic mass is 10.1. The van der Waals surface area contributed by atoms with Crippen molar-refractivity contribution >= 4 is 0 Å². The van der Waals surface area contributed by atoms with E-state index < -0.39 is 0 Å². The second-order valence-electron chi connectivity index (χ2n) is 5.04. The normalized spacial score (nSPS) is 14.9. The highest BCUT2D eigenvalue weighted by Gasteiger charge is 2.19. The quantitative estimate of drug-likeness (QED) is 0.845. The summed E-state index contributed by atoms with van der Waals surface area (Å²) in [4.78, 5) is 7.87. The summed E-state index contributed by atoms with van der Waals surface area (Å²) in [6.07, 6.45) is 5.59. The highest BCUT2D eigenvalue weighted by Crippen LogP contribution is 2.21. The fraction of sp³-hybridized carbons (Fsp3) is 0.400. The molecule has 1 fully saturated rings. The molecule has 0 amide bonds. The number of aryl methyl sites for hydroxylation is 1. The molecule has 1 aliphatic rings. The van der Waals surface area contributed by atoms with E-state index in [1.54, 1.807) is 0 Å². The monoisotopic (exact) mass is 241 g/mol. The lowest BCUT2D eigenvalue weighted by Crippen LogP contribution is -2.19. The van der Waals surface area contributed by atoms with Crippen molar-refractivity contribution in [1.29, 1.82) is 0 Å². The largest absolute Gasteiger partial charge is 0.342 e. The van der Waals surface area contributed by atoms with E-state index in [0.717, 1.165) is 30.5 Å². The lowest BCUT2D eigenvalue weighted by molar-refractivity contribution is 0.669. The molecule has 3 nitrogen and oxygen atoms in total. The highest BCUT2D eigenvalue weighted by atomic mass is 15.0. The summed E-state index contributed by atoms with van der Waals surface area (Å²) in [5, 5.41) is 3.51. The van der Waals surface area contributed by atoms with E-state index in [2.05, 4.69) is 46.5 Å². The average Bonchev–Trinajstić information content (AvgIpc) is 3.08. The Morgan fingerprint density at radius 1 is 1.33 bits per heavy atom. The number of nitrogens with one attached hydrogen (secondary N) is 2. The van der Waals surface area contributed by atoms with Crippen molar-refractivity contribution in [2.75, 3.05) is 6.54 Å². The standard InChI is InChI=1S/C15H19N3/c1-11-4-2-3-5-13(11)14-10-17-15(18-14)8-9-16-12-6-7-12/h2-5,10,12,16H,6-9H2,1H3,(H,17,18). The molecule has 1 aromatic heterocycles. The predicted molar refractivity (Wildman–Crippen MR) is 73.5 cm³/mol. The van der Waals surface area contributed by atoms with Gasteiger partial charge in [-0.05, 0) is 25.3 Å². The Hall–Kier alpha value is -1.61. The minimum absolute atomic E-state index is 0.774. The van der Waals surface area contributed by atoms with Crippen molar-refractivity contribution in [2.24, 2.45) is 0 Å². The van der Waals surface area contributed by atoms with Gasteiger partial charge in [-0.2, -0.15) is 0 Å². The summed E-state index contributed by atoms with van der Waals surface area (Å²) >= 11 is 0. The topological polar surface area (TPSA) is 40.7 Å². The van der Waals surface area contributed by atoms with E-state index in [1.807, 2.05) is 6.20 Å². The van der Waals surface area contributed by atoms with Crippen molar-refractivity contribution in [3.8, 4) is 11.3 Å². The fourth-order valence-electron chi connectivity index (χ4n) is 2.18. The second kappa shape index (κ2) is 4.94. The molecule has 2 aromatic rings. The van der Waals surface area contributed by atoms with Crippen LogP contribution < -0.4 is 5.32 Å². The van der Waals surface area contributed by atoms with Crippen molar-refractivity contribution in [3.05, 3.63) is 41.9 Å². The first-order valence-corrected chi connectivity index (χ1v) is 6.66. The SMILES string of the molecule is Cc1ccccc1-c1cnc(CCNC2CC2)[nH]1. The Balaban J connectivity index is 1.66. The summed E-state index contributed by atoms with van der Waals surface area (Å²) in [7, 11) is 0. The Kier molecular flexibility index (Phi) is 3.15. The Bertz CT molecular complexity index is 526. The molecule has 1 heterocycles. The molecule has 0 spiro atoms. The minimum Gasteiger partial charge on any atom is -0.342 e. The Labute approximate surface area is 108 Å². The maximum Gasteiger partial charge on any atom is 0.107 e. The number of rotatable bonds is 5. The van der Waals surface area contributed by atoms with Crippen LogP contribution in [0.2, 0.25) is 0 Å². The summed E-state index contributed by atoms with van der Waals surface area (Å²) in [5.74, 6) is 1.07. The van der Waals surface area contributed by atoms with Gasteiger partial charge < -0.3 is 10.3 Å². The summed E-state index contributed by atoms with van der Waals surface area (Å²) in [6, 6.07) is 9.17. The Morgan fingerprint density at radius 2 is 2.17 bits per heavy atom. The van der Waals surface area contributed by atoms with Crippen molar-refractivity contribution < 1.29 is 0 Å². The molecule has 1 saturated carbocycles. The Morgan fingerprint density at radius 3 is 2.94 bits per heavy atom. The van der Waals surface area contributed by atoms with Crippen molar-refractivity contribution in [3.63, 3.8) is 0 Å². The molecule has 3 heteroatoms. The number of nitrogens with zero attached hydrogens (tertiary/aromatic N) is 1. The van der Waals surface area contributed by atoms with Crippen LogP contribution in [0.1, 0.15) is 24.2 Å². The molecule has 0 aliphatic heterocycles. The van der Waals surface area contributed by atoms with E-state index in [4.69, 9.17) is 0 Å². The number of aromatic amines is 1. The fourth-order valence-corrected chi connectivity index (χ4v) is 2.18. The van der Waals surface area contributed by atoms with Crippen molar-refractivity contribution in [2.45, 2.75) is 32.2 Å². The van der Waals surface area contributed by atoms with Gasteiger partial charge in [0.1, 0.15) is 5.82 Å². The zero-order chi connectivity index (χ0) is 12.4. The second-order valence-corrected chi connectivity index (χ2v) is 5.04. The van der Waals surface area contributed by atoms with Gasteiger partial charge in [0, 0.05) is 24.6 Å². The van der Waals surface area contributed by atoms with Gasteiger partial charge in [0.05, 0.1) is 11.9 Å². The van der Waals surface area contributed by atoms with E-state index >= 15 is 0 Å². The number of aromatic nitrogens is 2. The summed E-state index contributed by atoms with van der Waals surface area (Å²) in [6.45, 7) is 3.15. The maximum atomic E-state index is 4.46. The van der Waals surface area contributed by atoms with Crippen LogP contribution >= 0.6 is 0 Å². The number of hydrogen-bond acceptors (Lipinski definition) is 2. The number of hydrogen-bond donors (Lipinski definition) is 2. The third-order valence-corrected chi connectivity index (χ3v) is 3.44. The van der Waals surface area contributed by atoms with Crippen LogP contribution in [-0.4, -0.2) is 22.6 Å². The molecule has 0 saturated heterocycles. The van der Waals surface area contributed by atoms with Crippen LogP contribution in [0, 0.1) is 6.92 Å². The third-order valence-electron chi connectivity index (χ3n) is 3.44. The predicted octanol–water partition coefficient (Wildman–Crippen LogP) is 2.68. The van der Waals surface area contributed by atoms with E-state index in [0.29, 0.717) is 0 Å². The van der Waals surface area contributed by atoms with Crippen LogP contribution in [0.3, 0.4) is 0 Å². The molecule has 0 bridgehead atoms. The van der Waals surface area contributed by atoms with Crippen LogP contribution in [-0.2, 0) is 6.42 Å². The molecule has 0 unspecified atom stereocenters. The van der Waals surface area contributed by atoms with Crippen LogP contribution in [0.25, 0.3) is 11.3 Å². The van der Waals surface area contributed by atoms with E-state index in [-0.39, 0.29) is 0 Å². The molecular formula is C15H19N3. The molecule has 94 valence electrons. The van der Waals surface area contributed by atoms with Gasteiger partial charge in [0.15, 0.2) is 0 Å². The van der Waals surface area contributed by atoms with Crippen molar-refractivity contribution in [1.82, 2.24) is 15.3 Å². The van der Waals surface area contributed by atoms with Gasteiger partial charge in [-0.3, -0.25) is 0 Å². The lowest BCUT2D eigenvalue weighted by Gasteiger charge is -2.02. The minimum atomic E-state index is 0.774. The number of imidazole rings is 1. The van der Waals surface area contributed by atoms with Gasteiger partial charge in [-0.15, -0.1) is 0 Å². The number of benzene rings is 1. The first-order valence-electron chi connectivity index (χ1n) is 6.66. The highest BCUT2D eigenvalue weighted by molar-refractivity contribution is 5.62. The maximum absolute atomic E-state index is 4.46. The van der Waals surface area contributed by atoms with E-state index in [9.17, 15) is 0 Å². The van der Waals surface area contributed by atoms with Gasteiger partial charge >= 0.3 is 0 Å². The molecular weight excluding hydrogens is 222 g/mol. The smallest absolute Gasteiger partial charge is 0.107 e. The molecule has 1 aliphatic carbocycles. The van der Waals surface area contributed by atoms with Crippen LogP contribution in [0.4, 0.5) is 0 Å². The van der Waals surface area contributed by atoms with Gasteiger partial charge in [0.2, 0.25) is 0 Å². The summed E-state index contributed by atoms with van der Waals surface area (Å²) in [5.41, 5.74) is 3.64. The molecule has 18 heavy (non-hydrogen) atoms. The molecule has 2 N–H and O–H groups in total. The molecule has 0 radical (unpaired) electrons. The zero-order valence-corrected chi connectivity index (χ0v) is 10.7. The van der Waals surface area contributed by atoms with Gasteiger partial charge in [-0.25, -0.2) is 4.98 Å².